The van der Waals surface area contributed by atoms with Gasteiger partial charge in [0.2, 0.25) is 0 Å². The van der Waals surface area contributed by atoms with Crippen molar-refractivity contribution in [2.75, 3.05) is 0 Å². The average molecular weight is 494 g/mol. The quantitative estimate of drug-likeness (QED) is 0.253. The van der Waals surface area contributed by atoms with Crippen molar-refractivity contribution in [2.45, 2.75) is 6.61 Å². The number of nitrogens with zero attached hydrogens (tertiary/aromatic N) is 3. The Morgan fingerprint density at radius 3 is 2.47 bits per heavy atom. The monoisotopic (exact) mass is 493 g/mol. The number of aromatic nitrogens is 5. The van der Waals surface area contributed by atoms with E-state index in [2.05, 4.69) is 85.8 Å². The smallest absolute Gasteiger partial charge is 0.138 e. The maximum absolute atomic E-state index is 6.01. The molecule has 0 bridgehead atoms. The largest absolute Gasteiger partial charge is 0.487 e. The van der Waals surface area contributed by atoms with E-state index in [-0.39, 0.29) is 0 Å². The standard InChI is InChI=1S/C32H23N5O/c1-2-6-21(7-3-1)20-38-25-14-24(18-34-19-25)22-11-12-30-28(15-22)32(37-36-30)31-16-27-26(9-4-10-29(27)35-31)23-8-5-13-33-17-23/h1-19,35H,20H2,(H,36,37). The number of benzene rings is 3. The van der Waals surface area contributed by atoms with Gasteiger partial charge in [0, 0.05) is 46.0 Å². The average Bonchev–Trinajstić information content (AvgIpc) is 3.61. The molecule has 0 spiro atoms. The second kappa shape index (κ2) is 9.33. The number of fused-ring (bicyclic) bond motifs is 2. The Morgan fingerprint density at radius 1 is 0.658 bits per heavy atom. The van der Waals surface area contributed by atoms with Crippen molar-refractivity contribution in [3.05, 3.63) is 121 Å². The van der Waals surface area contributed by atoms with Crippen LogP contribution in [0.2, 0.25) is 0 Å². The molecule has 3 aromatic carbocycles. The molecule has 0 fully saturated rings. The Labute approximate surface area is 219 Å². The molecule has 4 heterocycles. The van der Waals surface area contributed by atoms with Crippen molar-refractivity contribution in [1.29, 1.82) is 0 Å². The van der Waals surface area contributed by atoms with Crippen molar-refractivity contribution >= 4 is 21.8 Å². The van der Waals surface area contributed by atoms with Crippen LogP contribution in [0.4, 0.5) is 0 Å². The first-order chi connectivity index (χ1) is 18.8. The zero-order chi connectivity index (χ0) is 25.3. The lowest BCUT2D eigenvalue weighted by Gasteiger charge is -2.08. The minimum atomic E-state index is 0.498. The number of H-pyrrole nitrogens is 2. The summed E-state index contributed by atoms with van der Waals surface area (Å²) < 4.78 is 6.01. The second-order valence-electron chi connectivity index (χ2n) is 9.21. The lowest BCUT2D eigenvalue weighted by atomic mass is 10.0. The van der Waals surface area contributed by atoms with Crippen LogP contribution in [0.3, 0.4) is 0 Å². The molecular weight excluding hydrogens is 470 g/mol. The maximum Gasteiger partial charge on any atom is 0.138 e. The van der Waals surface area contributed by atoms with E-state index < -0.39 is 0 Å². The van der Waals surface area contributed by atoms with Crippen molar-refractivity contribution in [2.24, 2.45) is 0 Å². The molecule has 4 aromatic heterocycles. The van der Waals surface area contributed by atoms with E-state index in [1.807, 2.05) is 42.7 Å². The fourth-order valence-corrected chi connectivity index (χ4v) is 4.85. The predicted octanol–water partition coefficient (Wildman–Crippen LogP) is 7.41. The van der Waals surface area contributed by atoms with Gasteiger partial charge in [-0.1, -0.05) is 54.6 Å². The van der Waals surface area contributed by atoms with Crippen LogP contribution >= 0.6 is 0 Å². The summed E-state index contributed by atoms with van der Waals surface area (Å²) >= 11 is 0. The molecule has 0 aliphatic carbocycles. The van der Waals surface area contributed by atoms with Crippen LogP contribution in [-0.2, 0) is 6.61 Å². The first-order valence-electron chi connectivity index (χ1n) is 12.4. The number of pyridine rings is 2. The molecule has 0 aliphatic heterocycles. The van der Waals surface area contributed by atoms with E-state index in [9.17, 15) is 0 Å². The van der Waals surface area contributed by atoms with Crippen LogP contribution in [0.5, 0.6) is 5.75 Å². The SMILES string of the molecule is c1ccc(COc2cncc(-c3ccc4[nH]nc(-c5cc6c(-c7cccnc7)cccc6[nH]5)c4c3)c2)cc1. The number of ether oxygens (including phenoxy) is 1. The van der Waals surface area contributed by atoms with E-state index in [4.69, 9.17) is 4.74 Å². The Morgan fingerprint density at radius 2 is 1.58 bits per heavy atom. The van der Waals surface area contributed by atoms with Gasteiger partial charge in [-0.15, -0.1) is 0 Å². The van der Waals surface area contributed by atoms with Gasteiger partial charge in [0.1, 0.15) is 18.1 Å². The third-order valence-corrected chi connectivity index (χ3v) is 6.75. The number of aromatic amines is 2. The second-order valence-corrected chi connectivity index (χ2v) is 9.21. The number of hydrogen-bond acceptors (Lipinski definition) is 4. The van der Waals surface area contributed by atoms with E-state index in [1.165, 1.54) is 0 Å². The Kier molecular flexibility index (Phi) is 5.40. The van der Waals surface area contributed by atoms with Gasteiger partial charge in [0.15, 0.2) is 0 Å². The van der Waals surface area contributed by atoms with Crippen LogP contribution in [0.15, 0.2) is 116 Å². The molecule has 0 radical (unpaired) electrons. The Balaban J connectivity index is 1.24. The molecule has 6 nitrogen and oxygen atoms in total. The molecule has 0 unspecified atom stereocenters. The van der Waals surface area contributed by atoms with Crippen molar-refractivity contribution in [3.8, 4) is 39.4 Å². The number of nitrogens with one attached hydrogen (secondary N) is 2. The predicted molar refractivity (Wildman–Crippen MR) is 151 cm³/mol. The molecule has 0 saturated carbocycles. The molecule has 0 amide bonds. The normalized spacial score (nSPS) is 11.3. The molecule has 0 atom stereocenters. The molecule has 0 aliphatic rings. The van der Waals surface area contributed by atoms with Gasteiger partial charge in [-0.05, 0) is 53.1 Å². The van der Waals surface area contributed by atoms with E-state index in [0.717, 1.165) is 66.8 Å². The summed E-state index contributed by atoms with van der Waals surface area (Å²) in [7, 11) is 0. The van der Waals surface area contributed by atoms with Gasteiger partial charge in [-0.3, -0.25) is 15.1 Å². The summed E-state index contributed by atoms with van der Waals surface area (Å²) in [5, 5.41) is 10.0. The highest BCUT2D eigenvalue weighted by Crippen LogP contribution is 2.35. The highest BCUT2D eigenvalue weighted by molar-refractivity contribution is 6.01. The van der Waals surface area contributed by atoms with Crippen molar-refractivity contribution < 1.29 is 4.74 Å². The molecule has 0 saturated heterocycles. The molecule has 182 valence electrons. The van der Waals surface area contributed by atoms with Gasteiger partial charge in [0.05, 0.1) is 17.4 Å². The third-order valence-electron chi connectivity index (χ3n) is 6.75. The zero-order valence-corrected chi connectivity index (χ0v) is 20.4. The van der Waals surface area contributed by atoms with Gasteiger partial charge in [-0.25, -0.2) is 0 Å². The summed E-state index contributed by atoms with van der Waals surface area (Å²) in [5.41, 5.74) is 9.23. The van der Waals surface area contributed by atoms with Crippen LogP contribution in [0, 0.1) is 0 Å². The van der Waals surface area contributed by atoms with Crippen LogP contribution in [-0.4, -0.2) is 25.1 Å². The molecule has 38 heavy (non-hydrogen) atoms. The van der Waals surface area contributed by atoms with Crippen LogP contribution < -0.4 is 4.74 Å². The first kappa shape index (κ1) is 22.0. The van der Waals surface area contributed by atoms with E-state index in [1.54, 1.807) is 12.4 Å². The summed E-state index contributed by atoms with van der Waals surface area (Å²) in [4.78, 5) is 12.3. The zero-order valence-electron chi connectivity index (χ0n) is 20.4. The van der Waals surface area contributed by atoms with Gasteiger partial charge in [-0.2, -0.15) is 5.10 Å². The first-order valence-corrected chi connectivity index (χ1v) is 12.4. The highest BCUT2D eigenvalue weighted by Gasteiger charge is 2.14. The van der Waals surface area contributed by atoms with Gasteiger partial charge in [0.25, 0.3) is 0 Å². The van der Waals surface area contributed by atoms with Crippen molar-refractivity contribution in [1.82, 2.24) is 25.1 Å². The summed E-state index contributed by atoms with van der Waals surface area (Å²) in [6.07, 6.45) is 7.29. The fourth-order valence-electron chi connectivity index (χ4n) is 4.85. The van der Waals surface area contributed by atoms with Gasteiger partial charge < -0.3 is 9.72 Å². The molecular formula is C32H23N5O. The third kappa shape index (κ3) is 4.08. The molecule has 2 N–H and O–H groups in total. The van der Waals surface area contributed by atoms with Crippen LogP contribution in [0.25, 0.3) is 55.4 Å². The van der Waals surface area contributed by atoms with Crippen molar-refractivity contribution in [3.63, 3.8) is 0 Å². The topological polar surface area (TPSA) is 79.5 Å². The summed E-state index contributed by atoms with van der Waals surface area (Å²) in [6.45, 7) is 0.498. The van der Waals surface area contributed by atoms with Crippen LogP contribution in [0.1, 0.15) is 5.56 Å². The fraction of sp³-hybridized carbons (Fsp3) is 0.0312. The summed E-state index contributed by atoms with van der Waals surface area (Å²) in [6, 6.07) is 30.9. The number of hydrogen-bond donors (Lipinski definition) is 2. The van der Waals surface area contributed by atoms with E-state index >= 15 is 0 Å². The Bertz CT molecular complexity index is 1870. The van der Waals surface area contributed by atoms with Gasteiger partial charge >= 0.3 is 0 Å². The number of rotatable bonds is 6. The molecule has 7 aromatic rings. The summed E-state index contributed by atoms with van der Waals surface area (Å²) in [5.74, 6) is 0.734. The lowest BCUT2D eigenvalue weighted by Crippen LogP contribution is -1.95. The lowest BCUT2D eigenvalue weighted by molar-refractivity contribution is 0.305. The molecule has 7 rings (SSSR count). The maximum atomic E-state index is 6.01. The Hall–Kier alpha value is -5.23. The molecule has 6 heteroatoms. The van der Waals surface area contributed by atoms with E-state index in [0.29, 0.717) is 6.61 Å². The minimum absolute atomic E-state index is 0.498. The minimum Gasteiger partial charge on any atom is -0.487 e. The highest BCUT2D eigenvalue weighted by atomic mass is 16.5.